The van der Waals surface area contributed by atoms with E-state index in [1.165, 1.54) is 26.2 Å². The van der Waals surface area contributed by atoms with Gasteiger partial charge < -0.3 is 4.90 Å². The maximum atomic E-state index is 13.1. The van der Waals surface area contributed by atoms with Crippen molar-refractivity contribution in [2.45, 2.75) is 31.1 Å². The van der Waals surface area contributed by atoms with E-state index in [0.717, 1.165) is 21.1 Å². The van der Waals surface area contributed by atoms with Gasteiger partial charge in [0, 0.05) is 37.3 Å². The Kier molecular flexibility index (Phi) is 4.45. The lowest BCUT2D eigenvalue weighted by atomic mass is 9.86. The predicted molar refractivity (Wildman–Crippen MR) is 103 cm³/mol. The Hall–Kier alpha value is -2.18. The number of anilines is 1. The number of rotatable bonds is 3. The third-order valence-corrected chi connectivity index (χ3v) is 6.64. The van der Waals surface area contributed by atoms with Crippen molar-refractivity contribution in [3.05, 3.63) is 59.2 Å². The summed E-state index contributed by atoms with van der Waals surface area (Å²) in [6.45, 7) is 6.84. The summed E-state index contributed by atoms with van der Waals surface area (Å²) in [5.74, 6) is -0.184. The maximum absolute atomic E-state index is 13.1. The van der Waals surface area contributed by atoms with Crippen LogP contribution in [-0.2, 0) is 15.4 Å². The second-order valence-corrected chi connectivity index (χ2v) is 9.76. The van der Waals surface area contributed by atoms with E-state index in [-0.39, 0.29) is 16.2 Å². The first-order valence-corrected chi connectivity index (χ1v) is 9.94. The van der Waals surface area contributed by atoms with Gasteiger partial charge in [0.2, 0.25) is 10.0 Å². The summed E-state index contributed by atoms with van der Waals surface area (Å²) in [7, 11) is -0.628. The molecule has 0 fully saturated rings. The van der Waals surface area contributed by atoms with E-state index in [1.54, 1.807) is 17.0 Å². The van der Waals surface area contributed by atoms with E-state index in [1.807, 2.05) is 19.1 Å². The Balaban J connectivity index is 2.02. The van der Waals surface area contributed by atoms with Crippen LogP contribution in [0.1, 0.15) is 35.3 Å². The highest BCUT2D eigenvalue weighted by Crippen LogP contribution is 2.41. The van der Waals surface area contributed by atoms with Crippen molar-refractivity contribution < 1.29 is 13.2 Å². The van der Waals surface area contributed by atoms with E-state index in [4.69, 9.17) is 0 Å². The lowest BCUT2D eigenvalue weighted by Crippen LogP contribution is -2.34. The SMILES string of the molecule is Cc1ccc2c(c1)C(C)(C)CN2C(=O)c1cccc(S(=O)(=O)N(C)C)c1. The summed E-state index contributed by atoms with van der Waals surface area (Å²) < 4.78 is 25.9. The molecule has 0 atom stereocenters. The Morgan fingerprint density at radius 2 is 1.81 bits per heavy atom. The van der Waals surface area contributed by atoms with Crippen LogP contribution in [-0.4, -0.2) is 39.3 Å². The van der Waals surface area contributed by atoms with Crippen molar-refractivity contribution in [2.75, 3.05) is 25.5 Å². The minimum atomic E-state index is -3.58. The molecule has 6 heteroatoms. The van der Waals surface area contributed by atoms with Gasteiger partial charge in [0.05, 0.1) is 4.90 Å². The number of carbonyl (C=O) groups is 1. The zero-order valence-corrected chi connectivity index (χ0v) is 16.6. The van der Waals surface area contributed by atoms with Crippen molar-refractivity contribution in [1.82, 2.24) is 4.31 Å². The average Bonchev–Trinajstić information content (AvgIpc) is 2.85. The molecule has 2 aromatic rings. The van der Waals surface area contributed by atoms with E-state index < -0.39 is 10.0 Å². The molecule has 1 aliphatic rings. The van der Waals surface area contributed by atoms with Crippen LogP contribution in [0.15, 0.2) is 47.4 Å². The standard InChI is InChI=1S/C20H24N2O3S/c1-14-9-10-18-17(11-14)20(2,3)13-22(18)19(23)15-7-6-8-16(12-15)26(24,25)21(4)5/h6-12H,13H2,1-5H3. The molecule has 0 unspecified atom stereocenters. The van der Waals surface area contributed by atoms with Gasteiger partial charge in [-0.3, -0.25) is 4.79 Å². The highest BCUT2D eigenvalue weighted by molar-refractivity contribution is 7.89. The average molecular weight is 372 g/mol. The van der Waals surface area contributed by atoms with Crippen LogP contribution >= 0.6 is 0 Å². The number of fused-ring (bicyclic) bond motifs is 1. The molecule has 3 rings (SSSR count). The van der Waals surface area contributed by atoms with Crippen molar-refractivity contribution in [3.63, 3.8) is 0 Å². The van der Waals surface area contributed by atoms with Gasteiger partial charge in [0.25, 0.3) is 5.91 Å². The van der Waals surface area contributed by atoms with Gasteiger partial charge in [-0.25, -0.2) is 12.7 Å². The van der Waals surface area contributed by atoms with Crippen LogP contribution in [0.4, 0.5) is 5.69 Å². The molecule has 0 aromatic heterocycles. The van der Waals surface area contributed by atoms with Crippen molar-refractivity contribution in [2.24, 2.45) is 0 Å². The third-order valence-electron chi connectivity index (χ3n) is 4.83. The molecule has 0 saturated heterocycles. The molecular formula is C20H24N2O3S. The molecule has 26 heavy (non-hydrogen) atoms. The van der Waals surface area contributed by atoms with E-state index in [2.05, 4.69) is 19.9 Å². The van der Waals surface area contributed by atoms with Crippen LogP contribution in [0.3, 0.4) is 0 Å². The summed E-state index contributed by atoms with van der Waals surface area (Å²) >= 11 is 0. The Morgan fingerprint density at radius 1 is 1.12 bits per heavy atom. The summed E-state index contributed by atoms with van der Waals surface area (Å²) in [6.07, 6.45) is 0. The van der Waals surface area contributed by atoms with Crippen molar-refractivity contribution >= 4 is 21.6 Å². The van der Waals surface area contributed by atoms with Gasteiger partial charge in [-0.1, -0.05) is 37.6 Å². The first-order chi connectivity index (χ1) is 12.0. The molecule has 1 heterocycles. The number of sulfonamides is 1. The summed E-state index contributed by atoms with van der Waals surface area (Å²) in [4.78, 5) is 15.0. The van der Waals surface area contributed by atoms with Gasteiger partial charge in [0.1, 0.15) is 0 Å². The zero-order valence-electron chi connectivity index (χ0n) is 15.8. The first-order valence-electron chi connectivity index (χ1n) is 8.49. The fraction of sp³-hybridized carbons (Fsp3) is 0.350. The number of hydrogen-bond acceptors (Lipinski definition) is 3. The Labute approximate surface area is 155 Å². The number of amides is 1. The van der Waals surface area contributed by atoms with Crippen LogP contribution in [0.25, 0.3) is 0 Å². The molecule has 0 aliphatic carbocycles. The molecule has 1 amide bonds. The van der Waals surface area contributed by atoms with E-state index >= 15 is 0 Å². The number of hydrogen-bond donors (Lipinski definition) is 0. The van der Waals surface area contributed by atoms with Gasteiger partial charge in [-0.2, -0.15) is 0 Å². The quantitative estimate of drug-likeness (QED) is 0.831. The normalized spacial score (nSPS) is 16.0. The lowest BCUT2D eigenvalue weighted by Gasteiger charge is -2.21. The van der Waals surface area contributed by atoms with Crippen LogP contribution in [0.5, 0.6) is 0 Å². The second-order valence-electron chi connectivity index (χ2n) is 7.61. The molecule has 5 nitrogen and oxygen atoms in total. The number of benzene rings is 2. The highest BCUT2D eigenvalue weighted by Gasteiger charge is 2.38. The predicted octanol–water partition coefficient (Wildman–Crippen LogP) is 3.18. The summed E-state index contributed by atoms with van der Waals surface area (Å²) in [5, 5.41) is 0. The first kappa shape index (κ1) is 18.6. The zero-order chi connectivity index (χ0) is 19.3. The van der Waals surface area contributed by atoms with E-state index in [9.17, 15) is 13.2 Å². The molecule has 0 spiro atoms. The minimum Gasteiger partial charge on any atom is -0.307 e. The van der Waals surface area contributed by atoms with Crippen LogP contribution < -0.4 is 4.90 Å². The molecule has 0 saturated carbocycles. The lowest BCUT2D eigenvalue weighted by molar-refractivity contribution is 0.0985. The molecular weight excluding hydrogens is 348 g/mol. The molecule has 138 valence electrons. The van der Waals surface area contributed by atoms with Crippen LogP contribution in [0, 0.1) is 6.92 Å². The van der Waals surface area contributed by atoms with Crippen LogP contribution in [0.2, 0.25) is 0 Å². The Morgan fingerprint density at radius 3 is 2.46 bits per heavy atom. The number of carbonyl (C=O) groups excluding carboxylic acids is 1. The fourth-order valence-electron chi connectivity index (χ4n) is 3.33. The third kappa shape index (κ3) is 3.04. The number of aryl methyl sites for hydroxylation is 1. The Bertz CT molecular complexity index is 978. The van der Waals surface area contributed by atoms with Crippen molar-refractivity contribution in [1.29, 1.82) is 0 Å². The van der Waals surface area contributed by atoms with Gasteiger partial charge >= 0.3 is 0 Å². The molecule has 1 aliphatic heterocycles. The van der Waals surface area contributed by atoms with Gasteiger partial charge in [-0.05, 0) is 36.8 Å². The highest BCUT2D eigenvalue weighted by atomic mass is 32.2. The molecule has 0 N–H and O–H groups in total. The smallest absolute Gasteiger partial charge is 0.258 e. The molecule has 2 aromatic carbocycles. The van der Waals surface area contributed by atoms with Gasteiger partial charge in [-0.15, -0.1) is 0 Å². The summed E-state index contributed by atoms with van der Waals surface area (Å²) in [5.41, 5.74) is 3.42. The summed E-state index contributed by atoms with van der Waals surface area (Å²) in [6, 6.07) is 12.3. The molecule has 0 bridgehead atoms. The second kappa shape index (κ2) is 6.21. The fourth-order valence-corrected chi connectivity index (χ4v) is 4.28. The maximum Gasteiger partial charge on any atom is 0.258 e. The minimum absolute atomic E-state index is 0.121. The monoisotopic (exact) mass is 372 g/mol. The largest absolute Gasteiger partial charge is 0.307 e. The van der Waals surface area contributed by atoms with Crippen molar-refractivity contribution in [3.8, 4) is 0 Å². The number of nitrogens with zero attached hydrogens (tertiary/aromatic N) is 2. The van der Waals surface area contributed by atoms with Gasteiger partial charge in [0.15, 0.2) is 0 Å². The molecule has 0 radical (unpaired) electrons. The topological polar surface area (TPSA) is 57.7 Å². The van der Waals surface area contributed by atoms with E-state index in [0.29, 0.717) is 12.1 Å².